The summed E-state index contributed by atoms with van der Waals surface area (Å²) in [5.74, 6) is -0.406. The Kier molecular flexibility index (Phi) is 6.35. The van der Waals surface area contributed by atoms with Gasteiger partial charge in [0.15, 0.2) is 0 Å². The lowest BCUT2D eigenvalue weighted by Gasteiger charge is -2.20. The van der Waals surface area contributed by atoms with Crippen LogP contribution in [-0.2, 0) is 6.54 Å². The van der Waals surface area contributed by atoms with Crippen LogP contribution in [0.4, 0.5) is 0 Å². The molecule has 3 aromatic rings. The molecule has 0 unspecified atom stereocenters. The van der Waals surface area contributed by atoms with Crippen molar-refractivity contribution in [3.8, 4) is 5.69 Å². The van der Waals surface area contributed by atoms with E-state index in [1.165, 1.54) is 4.68 Å². The van der Waals surface area contributed by atoms with Crippen LogP contribution in [0.25, 0.3) is 5.69 Å². The van der Waals surface area contributed by atoms with Gasteiger partial charge in [-0.2, -0.15) is 9.78 Å². The van der Waals surface area contributed by atoms with Gasteiger partial charge in [-0.15, -0.1) is 0 Å². The number of aryl methyl sites for hydroxylation is 2. The molecule has 0 bridgehead atoms. The molecule has 0 saturated carbocycles. The van der Waals surface area contributed by atoms with Gasteiger partial charge in [0.2, 0.25) is 5.69 Å². The fourth-order valence-corrected chi connectivity index (χ4v) is 4.00. The van der Waals surface area contributed by atoms with Crippen molar-refractivity contribution < 1.29 is 4.79 Å². The van der Waals surface area contributed by atoms with Gasteiger partial charge >= 0.3 is 5.69 Å². The Morgan fingerprint density at radius 2 is 1.59 bits per heavy atom. The molecule has 2 aromatic carbocycles. The summed E-state index contributed by atoms with van der Waals surface area (Å²) in [6.45, 7) is 5.21. The molecule has 1 amide bonds. The number of carbonyl (C=O) groups is 1. The summed E-state index contributed by atoms with van der Waals surface area (Å²) in [6.07, 6.45) is 3.94. The predicted octanol–water partition coefficient (Wildman–Crippen LogP) is 3.08. The summed E-state index contributed by atoms with van der Waals surface area (Å²) in [6, 6.07) is 14.8. The van der Waals surface area contributed by atoms with Crippen molar-refractivity contribution in [3.05, 3.63) is 91.8 Å². The molecule has 4 rings (SSSR count). The molecular weight excluding hydrogens is 404 g/mol. The fourth-order valence-electron chi connectivity index (χ4n) is 4.00. The lowest BCUT2D eigenvalue weighted by Crippen LogP contribution is -2.47. The van der Waals surface area contributed by atoms with E-state index in [1.807, 2.05) is 56.3 Å². The van der Waals surface area contributed by atoms with Crippen LogP contribution in [-0.4, -0.2) is 38.2 Å². The monoisotopic (exact) mass is 432 g/mol. The second-order valence-corrected chi connectivity index (χ2v) is 8.39. The molecule has 166 valence electrons. The number of amides is 1. The average Bonchev–Trinajstić information content (AvgIpc) is 3.09. The Hall–Kier alpha value is -3.48. The number of carbonyl (C=O) groups excluding carboxylic acids is 1. The molecule has 2 heterocycles. The topological polar surface area (TPSA) is 77.2 Å². The molecule has 1 aliphatic rings. The second kappa shape index (κ2) is 9.34. The molecular formula is C25H28N4O3. The van der Waals surface area contributed by atoms with Crippen LogP contribution in [0.3, 0.4) is 0 Å². The number of benzene rings is 2. The molecule has 1 aromatic heterocycles. The zero-order chi connectivity index (χ0) is 22.7. The van der Waals surface area contributed by atoms with E-state index >= 15 is 0 Å². The van der Waals surface area contributed by atoms with Gasteiger partial charge in [-0.05, 0) is 55.5 Å². The van der Waals surface area contributed by atoms with E-state index in [4.69, 9.17) is 0 Å². The summed E-state index contributed by atoms with van der Waals surface area (Å²) in [7, 11) is 0. The van der Waals surface area contributed by atoms with Crippen LogP contribution in [0.2, 0.25) is 0 Å². The van der Waals surface area contributed by atoms with Gasteiger partial charge in [-0.3, -0.25) is 14.2 Å². The van der Waals surface area contributed by atoms with Crippen LogP contribution in [0.5, 0.6) is 0 Å². The number of likely N-dealkylation sites (tertiary alicyclic amines) is 1. The van der Waals surface area contributed by atoms with Crippen molar-refractivity contribution in [2.45, 2.75) is 46.1 Å². The molecule has 0 atom stereocenters. The lowest BCUT2D eigenvalue weighted by molar-refractivity contribution is 0.0750. The molecule has 1 aliphatic heterocycles. The molecule has 0 aliphatic carbocycles. The number of hydrogen-bond acceptors (Lipinski definition) is 4. The highest BCUT2D eigenvalue weighted by Gasteiger charge is 2.25. The van der Waals surface area contributed by atoms with Crippen LogP contribution < -0.4 is 11.2 Å². The average molecular weight is 433 g/mol. The summed E-state index contributed by atoms with van der Waals surface area (Å²) < 4.78 is 2.30. The van der Waals surface area contributed by atoms with Crippen molar-refractivity contribution in [1.82, 2.24) is 19.2 Å². The normalized spacial score (nSPS) is 14.2. The van der Waals surface area contributed by atoms with Crippen LogP contribution >= 0.6 is 0 Å². The first kappa shape index (κ1) is 21.7. The van der Waals surface area contributed by atoms with Crippen molar-refractivity contribution in [2.75, 3.05) is 13.1 Å². The lowest BCUT2D eigenvalue weighted by atomic mass is 10.1. The standard InChI is InChI=1S/C25H28N4O3/c1-18-12-13-21(16-19(18)2)29-25(32)28(17-20-10-6-5-7-11-20)24(31)22(26-29)23(30)27-14-8-3-4-9-15-27/h5-7,10-13,16H,3-4,8-9,14-15,17H2,1-2H3. The molecule has 0 N–H and O–H groups in total. The zero-order valence-corrected chi connectivity index (χ0v) is 18.6. The highest BCUT2D eigenvalue weighted by Crippen LogP contribution is 2.14. The van der Waals surface area contributed by atoms with Gasteiger partial charge in [0, 0.05) is 13.1 Å². The van der Waals surface area contributed by atoms with Gasteiger partial charge < -0.3 is 4.90 Å². The van der Waals surface area contributed by atoms with E-state index in [-0.39, 0.29) is 12.2 Å². The van der Waals surface area contributed by atoms with Crippen molar-refractivity contribution in [3.63, 3.8) is 0 Å². The molecule has 0 radical (unpaired) electrons. The quantitative estimate of drug-likeness (QED) is 0.635. The highest BCUT2D eigenvalue weighted by atomic mass is 16.2. The summed E-state index contributed by atoms with van der Waals surface area (Å²) >= 11 is 0. The van der Waals surface area contributed by atoms with Crippen molar-refractivity contribution >= 4 is 5.91 Å². The minimum Gasteiger partial charge on any atom is -0.337 e. The minimum atomic E-state index is -0.645. The van der Waals surface area contributed by atoms with Crippen LogP contribution in [0.1, 0.15) is 52.9 Å². The Morgan fingerprint density at radius 1 is 0.906 bits per heavy atom. The summed E-state index contributed by atoms with van der Waals surface area (Å²) in [5, 5.41) is 4.30. The largest absolute Gasteiger partial charge is 0.352 e. The van der Waals surface area contributed by atoms with Crippen LogP contribution in [0, 0.1) is 13.8 Å². The first-order valence-electron chi connectivity index (χ1n) is 11.1. The van der Waals surface area contributed by atoms with Gasteiger partial charge in [0.1, 0.15) is 0 Å². The number of hydrogen-bond donors (Lipinski definition) is 0. The van der Waals surface area contributed by atoms with E-state index in [9.17, 15) is 14.4 Å². The number of nitrogens with zero attached hydrogens (tertiary/aromatic N) is 4. The Labute approximate surface area is 186 Å². The Morgan fingerprint density at radius 3 is 2.25 bits per heavy atom. The maximum Gasteiger partial charge on any atom is 0.352 e. The van der Waals surface area contributed by atoms with E-state index in [2.05, 4.69) is 5.10 Å². The van der Waals surface area contributed by atoms with Crippen LogP contribution in [0.15, 0.2) is 58.1 Å². The third-order valence-corrected chi connectivity index (χ3v) is 6.07. The van der Waals surface area contributed by atoms with Crippen molar-refractivity contribution in [2.24, 2.45) is 0 Å². The fraction of sp³-hybridized carbons (Fsp3) is 0.360. The smallest absolute Gasteiger partial charge is 0.337 e. The predicted molar refractivity (Wildman–Crippen MR) is 123 cm³/mol. The first-order valence-corrected chi connectivity index (χ1v) is 11.1. The third kappa shape index (κ3) is 4.42. The maximum absolute atomic E-state index is 13.3. The third-order valence-electron chi connectivity index (χ3n) is 6.07. The SMILES string of the molecule is Cc1ccc(-n2nc(C(=O)N3CCCCCC3)c(=O)n(Cc3ccccc3)c2=O)cc1C. The minimum absolute atomic E-state index is 0.0755. The highest BCUT2D eigenvalue weighted by molar-refractivity contribution is 5.91. The van der Waals surface area contributed by atoms with Gasteiger partial charge in [-0.25, -0.2) is 4.79 Å². The Balaban J connectivity index is 1.87. The molecule has 1 fully saturated rings. The zero-order valence-electron chi connectivity index (χ0n) is 18.6. The van der Waals surface area contributed by atoms with E-state index < -0.39 is 17.2 Å². The molecule has 7 nitrogen and oxygen atoms in total. The second-order valence-electron chi connectivity index (χ2n) is 8.39. The summed E-state index contributed by atoms with van der Waals surface area (Å²) in [4.78, 5) is 41.7. The van der Waals surface area contributed by atoms with E-state index in [1.54, 1.807) is 11.0 Å². The van der Waals surface area contributed by atoms with Gasteiger partial charge in [-0.1, -0.05) is 49.2 Å². The van der Waals surface area contributed by atoms with E-state index in [0.29, 0.717) is 18.8 Å². The van der Waals surface area contributed by atoms with Gasteiger partial charge in [0.25, 0.3) is 11.5 Å². The molecule has 0 spiro atoms. The first-order chi connectivity index (χ1) is 15.5. The maximum atomic E-state index is 13.3. The number of rotatable bonds is 4. The molecule has 32 heavy (non-hydrogen) atoms. The Bertz CT molecular complexity index is 1240. The van der Waals surface area contributed by atoms with Gasteiger partial charge in [0.05, 0.1) is 12.2 Å². The molecule has 7 heteroatoms. The molecule has 1 saturated heterocycles. The number of aromatic nitrogens is 3. The van der Waals surface area contributed by atoms with Crippen molar-refractivity contribution in [1.29, 1.82) is 0 Å². The summed E-state index contributed by atoms with van der Waals surface area (Å²) in [5.41, 5.74) is 2.00. The van der Waals surface area contributed by atoms with E-state index in [0.717, 1.165) is 46.9 Å².